The van der Waals surface area contributed by atoms with Crippen LogP contribution in [-0.2, 0) is 11.2 Å². The van der Waals surface area contributed by atoms with E-state index in [-0.39, 0.29) is 30.7 Å². The van der Waals surface area contributed by atoms with Crippen molar-refractivity contribution in [3.63, 3.8) is 0 Å². The molecule has 5 N–H and O–H groups in total. The number of benzene rings is 2. The number of amides is 1. The van der Waals surface area contributed by atoms with E-state index in [1.807, 2.05) is 0 Å². The first-order chi connectivity index (χ1) is 19.8. The molecule has 3 heterocycles. The molecule has 1 atom stereocenters. The maximum Gasteiger partial charge on any atom is 0.223 e. The third-order valence-corrected chi connectivity index (χ3v) is 6.95. The largest absolute Gasteiger partial charge is 0.493 e. The Morgan fingerprint density at radius 1 is 1.20 bits per heavy atom. The SMILES string of the molecule is COc1cc2c(cc1OCCCN1CCCC(O)C1)NCN(c1cc(F)cc(F)c1)C2=Nc1cc(CC(N)=O)[nH]n1. The highest BCUT2D eigenvalue weighted by atomic mass is 19.1. The number of ether oxygens (including phenoxy) is 2. The van der Waals surface area contributed by atoms with E-state index in [0.29, 0.717) is 47.4 Å². The Balaban J connectivity index is 1.43. The van der Waals surface area contributed by atoms with Gasteiger partial charge in [-0.15, -0.1) is 0 Å². The predicted molar refractivity (Wildman–Crippen MR) is 150 cm³/mol. The van der Waals surface area contributed by atoms with Crippen LogP contribution in [0, 0.1) is 11.6 Å². The number of nitrogens with one attached hydrogen (secondary N) is 2. The van der Waals surface area contributed by atoms with Crippen molar-refractivity contribution in [1.82, 2.24) is 15.1 Å². The number of rotatable bonds is 10. The smallest absolute Gasteiger partial charge is 0.223 e. The van der Waals surface area contributed by atoms with Gasteiger partial charge in [0.05, 0.1) is 44.3 Å². The molecule has 1 fully saturated rings. The van der Waals surface area contributed by atoms with Crippen molar-refractivity contribution in [1.29, 1.82) is 0 Å². The number of aromatic amines is 1. The number of H-pyrrole nitrogens is 1. The van der Waals surface area contributed by atoms with Gasteiger partial charge in [0.25, 0.3) is 0 Å². The number of halogens is 2. The van der Waals surface area contributed by atoms with Crippen LogP contribution in [0.1, 0.15) is 30.5 Å². The molecule has 0 radical (unpaired) electrons. The minimum Gasteiger partial charge on any atom is -0.493 e. The summed E-state index contributed by atoms with van der Waals surface area (Å²) in [5.41, 5.74) is 7.29. The third-order valence-electron chi connectivity index (χ3n) is 6.95. The minimum atomic E-state index is -0.728. The van der Waals surface area contributed by atoms with Crippen molar-refractivity contribution >= 4 is 28.9 Å². The first-order valence-electron chi connectivity index (χ1n) is 13.4. The number of primary amides is 1. The molecule has 2 aliphatic heterocycles. The first kappa shape index (κ1) is 28.3. The van der Waals surface area contributed by atoms with Crippen LogP contribution in [0.3, 0.4) is 0 Å². The number of fused-ring (bicyclic) bond motifs is 1. The third kappa shape index (κ3) is 6.92. The zero-order chi connectivity index (χ0) is 28.9. The molecule has 1 amide bonds. The highest BCUT2D eigenvalue weighted by Gasteiger charge is 2.27. The summed E-state index contributed by atoms with van der Waals surface area (Å²) < 4.78 is 40.1. The van der Waals surface area contributed by atoms with Gasteiger partial charge in [0.2, 0.25) is 5.91 Å². The van der Waals surface area contributed by atoms with Crippen molar-refractivity contribution in [3.8, 4) is 11.5 Å². The van der Waals surface area contributed by atoms with E-state index in [9.17, 15) is 18.7 Å². The number of piperidine rings is 1. The number of aliphatic hydroxyl groups excluding tert-OH is 1. The molecule has 0 saturated carbocycles. The average molecular weight is 570 g/mol. The summed E-state index contributed by atoms with van der Waals surface area (Å²) in [6.45, 7) is 3.07. The van der Waals surface area contributed by atoms with Crippen molar-refractivity contribution in [2.24, 2.45) is 10.7 Å². The number of carbonyl (C=O) groups excluding carboxylic acids is 1. The lowest BCUT2D eigenvalue weighted by atomic mass is 10.1. The Labute approximate surface area is 235 Å². The zero-order valence-electron chi connectivity index (χ0n) is 22.7. The van der Waals surface area contributed by atoms with Crippen LogP contribution < -0.4 is 25.4 Å². The second kappa shape index (κ2) is 12.5. The molecule has 1 saturated heterocycles. The van der Waals surface area contributed by atoms with E-state index in [2.05, 4.69) is 25.4 Å². The number of amidine groups is 1. The molecule has 3 aromatic rings. The lowest BCUT2D eigenvalue weighted by Crippen LogP contribution is -2.40. The fraction of sp³-hybridized carbons (Fsp3) is 0.393. The summed E-state index contributed by atoms with van der Waals surface area (Å²) in [5.74, 6) is -0.380. The molecule has 41 heavy (non-hydrogen) atoms. The molecule has 0 bridgehead atoms. The Bertz CT molecular complexity index is 1410. The standard InChI is InChI=1S/C28H33F2N7O4/c1-40-24-13-22-23(14-25(24)41-7-3-6-36-5-2-4-21(38)15-36)32-16-37(20-9-17(29)8-18(30)10-20)28(22)33-27-12-19(34-35-27)11-26(31)39/h8-10,12-14,21,32,38H,2-7,11,15-16H2,1H3,(H2,31,39)(H,34,35). The number of β-amino-alcohol motifs (C(OH)–C–C–N with tert-alkyl or cyclic N) is 1. The Hall–Kier alpha value is -4.23. The average Bonchev–Trinajstić information content (AvgIpc) is 3.36. The van der Waals surface area contributed by atoms with E-state index in [1.165, 1.54) is 19.2 Å². The molecule has 1 aromatic heterocycles. The van der Waals surface area contributed by atoms with Gasteiger partial charge in [0.15, 0.2) is 17.3 Å². The van der Waals surface area contributed by atoms with E-state index >= 15 is 0 Å². The summed E-state index contributed by atoms with van der Waals surface area (Å²) >= 11 is 0. The lowest BCUT2D eigenvalue weighted by Gasteiger charge is -2.33. The number of carbonyl (C=O) groups is 1. The van der Waals surface area contributed by atoms with Gasteiger partial charge >= 0.3 is 0 Å². The van der Waals surface area contributed by atoms with Gasteiger partial charge in [0, 0.05) is 42.5 Å². The van der Waals surface area contributed by atoms with Gasteiger partial charge in [-0.3, -0.25) is 9.89 Å². The van der Waals surface area contributed by atoms with Crippen LogP contribution in [0.2, 0.25) is 0 Å². The minimum absolute atomic E-state index is 0.0400. The zero-order valence-corrected chi connectivity index (χ0v) is 22.7. The number of anilines is 2. The Kier molecular flexibility index (Phi) is 8.64. The van der Waals surface area contributed by atoms with Crippen molar-refractivity contribution in [2.45, 2.75) is 31.8 Å². The monoisotopic (exact) mass is 569 g/mol. The molecule has 2 aliphatic rings. The molecular formula is C28H33F2N7O4. The quantitative estimate of drug-likeness (QED) is 0.273. The summed E-state index contributed by atoms with van der Waals surface area (Å²) in [6, 6.07) is 8.36. The molecule has 5 rings (SSSR count). The van der Waals surface area contributed by atoms with Gasteiger partial charge in [-0.25, -0.2) is 13.8 Å². The van der Waals surface area contributed by atoms with Crippen molar-refractivity contribution < 1.29 is 28.2 Å². The molecule has 11 nitrogen and oxygen atoms in total. The highest BCUT2D eigenvalue weighted by molar-refractivity contribution is 6.16. The van der Waals surface area contributed by atoms with Gasteiger partial charge < -0.3 is 35.4 Å². The van der Waals surface area contributed by atoms with Crippen LogP contribution in [-0.4, -0.2) is 78.1 Å². The molecule has 218 valence electrons. The maximum absolute atomic E-state index is 14.2. The second-order valence-corrected chi connectivity index (χ2v) is 10.1. The number of aliphatic hydroxyl groups is 1. The number of nitrogens with two attached hydrogens (primary N) is 1. The number of nitrogens with zero attached hydrogens (tertiary/aromatic N) is 4. The Morgan fingerprint density at radius 2 is 2.00 bits per heavy atom. The van der Waals surface area contributed by atoms with Crippen molar-refractivity contribution in [2.75, 3.05) is 50.2 Å². The first-order valence-corrected chi connectivity index (χ1v) is 13.4. The number of aliphatic imine (C=N–C) groups is 1. The number of hydrogen-bond acceptors (Lipinski definition) is 8. The number of hydrogen-bond donors (Lipinski definition) is 4. The van der Waals surface area contributed by atoms with Crippen LogP contribution in [0.15, 0.2) is 41.4 Å². The molecule has 2 aromatic carbocycles. The second-order valence-electron chi connectivity index (χ2n) is 10.1. The molecule has 0 aliphatic carbocycles. The molecule has 0 spiro atoms. The fourth-order valence-corrected chi connectivity index (χ4v) is 5.08. The van der Waals surface area contributed by atoms with Crippen LogP contribution in [0.25, 0.3) is 0 Å². The maximum atomic E-state index is 14.2. The summed E-state index contributed by atoms with van der Waals surface area (Å²) in [5, 5.41) is 20.1. The van der Waals surface area contributed by atoms with Crippen molar-refractivity contribution in [3.05, 3.63) is 59.3 Å². The van der Waals surface area contributed by atoms with Gasteiger partial charge in [-0.05, 0) is 44.0 Å². The van der Waals surface area contributed by atoms with Gasteiger partial charge in [-0.1, -0.05) is 0 Å². The fourth-order valence-electron chi connectivity index (χ4n) is 5.08. The number of methoxy groups -OCH3 is 1. The topological polar surface area (TPSA) is 141 Å². The summed E-state index contributed by atoms with van der Waals surface area (Å²) in [6.07, 6.45) is 2.30. The van der Waals surface area contributed by atoms with Gasteiger partial charge in [-0.2, -0.15) is 5.10 Å². The van der Waals surface area contributed by atoms with E-state index in [0.717, 1.165) is 38.4 Å². The highest BCUT2D eigenvalue weighted by Crippen LogP contribution is 2.38. The lowest BCUT2D eigenvalue weighted by molar-refractivity contribution is -0.117. The van der Waals surface area contributed by atoms with Crippen LogP contribution in [0.5, 0.6) is 11.5 Å². The number of likely N-dealkylation sites (tertiary alicyclic amines) is 1. The summed E-state index contributed by atoms with van der Waals surface area (Å²) in [4.78, 5) is 19.9. The molecular weight excluding hydrogens is 536 g/mol. The molecule has 13 heteroatoms. The Morgan fingerprint density at radius 3 is 2.73 bits per heavy atom. The van der Waals surface area contributed by atoms with Gasteiger partial charge in [0.1, 0.15) is 17.5 Å². The van der Waals surface area contributed by atoms with E-state index in [1.54, 1.807) is 23.1 Å². The molecule has 1 unspecified atom stereocenters. The normalized spacial score (nSPS) is 18.2. The predicted octanol–water partition coefficient (Wildman–Crippen LogP) is 2.92. The van der Waals surface area contributed by atoms with Crippen LogP contribution >= 0.6 is 0 Å². The van der Waals surface area contributed by atoms with E-state index in [4.69, 9.17) is 15.2 Å². The van der Waals surface area contributed by atoms with E-state index < -0.39 is 17.5 Å². The summed E-state index contributed by atoms with van der Waals surface area (Å²) in [7, 11) is 1.53. The van der Waals surface area contributed by atoms with Crippen LogP contribution in [0.4, 0.5) is 26.0 Å². The number of aromatic nitrogens is 2.